The highest BCUT2D eigenvalue weighted by Gasteiger charge is 1.81. The third-order valence-corrected chi connectivity index (χ3v) is 0.667. The van der Waals surface area contributed by atoms with Gasteiger partial charge in [0.15, 0.2) is 0 Å². The van der Waals surface area contributed by atoms with Gasteiger partial charge in [-0.2, -0.15) is 0 Å². The molecule has 0 saturated heterocycles. The van der Waals surface area contributed by atoms with E-state index in [1.165, 1.54) is 19.3 Å². The lowest BCUT2D eigenvalue weighted by Crippen LogP contribution is -1.71. The van der Waals surface area contributed by atoms with Crippen molar-refractivity contribution in [3.63, 3.8) is 0 Å². The average Bonchev–Trinajstić information content (AvgIpc) is 1.68. The summed E-state index contributed by atoms with van der Waals surface area (Å²) in [6.07, 6.45) is 8.25. The first-order valence-electron chi connectivity index (χ1n) is 4.06. The Balaban J connectivity index is 0. The van der Waals surface area contributed by atoms with Crippen molar-refractivity contribution in [2.45, 2.75) is 47.0 Å². The van der Waals surface area contributed by atoms with Crippen LogP contribution < -0.4 is 0 Å². The van der Waals surface area contributed by atoms with E-state index in [4.69, 9.17) is 0 Å². The Morgan fingerprint density at radius 3 is 1.11 bits per heavy atom. The molecule has 0 radical (unpaired) electrons. The van der Waals surface area contributed by atoms with Crippen LogP contribution in [0.2, 0.25) is 0 Å². The lowest BCUT2D eigenvalue weighted by Gasteiger charge is -1.92. The van der Waals surface area contributed by atoms with Crippen LogP contribution in [-0.4, -0.2) is 0 Å². The van der Waals surface area contributed by atoms with Crippen LogP contribution in [0.5, 0.6) is 0 Å². The standard InChI is InChI=1S/C4H6.C3H8.C2H6/c1-2-4-3-1;1-3-2;1-2/h1-2H,3-4H2;3H2,1-2H3;1-2H3. The van der Waals surface area contributed by atoms with E-state index in [0.29, 0.717) is 0 Å². The zero-order valence-corrected chi connectivity index (χ0v) is 7.28. The molecule has 0 aromatic carbocycles. The molecular formula is C9H20. The summed E-state index contributed by atoms with van der Waals surface area (Å²) in [5.74, 6) is 0. The second-order valence-electron chi connectivity index (χ2n) is 1.76. The fourth-order valence-corrected chi connectivity index (χ4v) is 0.167. The molecule has 0 unspecified atom stereocenters. The molecule has 0 aromatic rings. The van der Waals surface area contributed by atoms with E-state index in [-0.39, 0.29) is 0 Å². The second kappa shape index (κ2) is 15.6. The number of hydrogen-bond acceptors (Lipinski definition) is 0. The lowest BCUT2D eigenvalue weighted by molar-refractivity contribution is 0.962. The SMILES string of the molecule is C1=CCC1.CC.CCC. The Bertz CT molecular complexity index is 38.0. The van der Waals surface area contributed by atoms with Crippen LogP contribution >= 0.6 is 0 Å². The minimum absolute atomic E-state index is 1.25. The van der Waals surface area contributed by atoms with E-state index in [0.717, 1.165) is 0 Å². The van der Waals surface area contributed by atoms with Crippen molar-refractivity contribution >= 4 is 0 Å². The van der Waals surface area contributed by atoms with E-state index in [9.17, 15) is 0 Å². The van der Waals surface area contributed by atoms with Crippen LogP contribution in [-0.2, 0) is 0 Å². The maximum atomic E-state index is 2.18. The molecule has 1 rings (SSSR count). The summed E-state index contributed by atoms with van der Waals surface area (Å²) in [6.45, 7) is 8.25. The predicted octanol–water partition coefficient (Wildman–Crippen LogP) is 3.78. The monoisotopic (exact) mass is 128 g/mol. The predicted molar refractivity (Wildman–Crippen MR) is 45.7 cm³/mol. The fraction of sp³-hybridized carbons (Fsp3) is 0.778. The topological polar surface area (TPSA) is 0 Å². The van der Waals surface area contributed by atoms with E-state index in [1.807, 2.05) is 13.8 Å². The summed E-state index contributed by atoms with van der Waals surface area (Å²) >= 11 is 0. The number of hydrogen-bond donors (Lipinski definition) is 0. The Morgan fingerprint density at radius 1 is 1.00 bits per heavy atom. The van der Waals surface area contributed by atoms with Gasteiger partial charge >= 0.3 is 0 Å². The second-order valence-corrected chi connectivity index (χ2v) is 1.76. The van der Waals surface area contributed by atoms with Crippen molar-refractivity contribution in [2.24, 2.45) is 0 Å². The minimum Gasteiger partial charge on any atom is -0.0882 e. The van der Waals surface area contributed by atoms with Crippen molar-refractivity contribution in [1.29, 1.82) is 0 Å². The van der Waals surface area contributed by atoms with Gasteiger partial charge in [-0.1, -0.05) is 46.3 Å². The molecular weight excluding hydrogens is 108 g/mol. The zero-order valence-electron chi connectivity index (χ0n) is 7.28. The van der Waals surface area contributed by atoms with Crippen molar-refractivity contribution < 1.29 is 0 Å². The molecule has 0 aliphatic heterocycles. The van der Waals surface area contributed by atoms with Gasteiger partial charge in [0.1, 0.15) is 0 Å². The molecule has 1 aliphatic carbocycles. The highest BCUT2D eigenvalue weighted by atomic mass is 13.9. The average molecular weight is 128 g/mol. The Labute approximate surface area is 60.0 Å². The molecule has 1 aliphatic rings. The van der Waals surface area contributed by atoms with Crippen molar-refractivity contribution in [1.82, 2.24) is 0 Å². The molecule has 0 nitrogen and oxygen atoms in total. The number of rotatable bonds is 0. The molecule has 0 atom stereocenters. The van der Waals surface area contributed by atoms with Crippen molar-refractivity contribution in [3.8, 4) is 0 Å². The van der Waals surface area contributed by atoms with Crippen LogP contribution in [0, 0.1) is 0 Å². The van der Waals surface area contributed by atoms with Gasteiger partial charge in [0.2, 0.25) is 0 Å². The van der Waals surface area contributed by atoms with Gasteiger partial charge < -0.3 is 0 Å². The molecule has 9 heavy (non-hydrogen) atoms. The largest absolute Gasteiger partial charge is 0.0882 e. The highest BCUT2D eigenvalue weighted by Crippen LogP contribution is 2.01. The molecule has 56 valence electrons. The molecule has 0 aromatic heterocycles. The molecule has 0 fully saturated rings. The summed E-state index contributed by atoms with van der Waals surface area (Å²) < 4.78 is 0. The smallest absolute Gasteiger partial charge is 0.0316 e. The molecule has 0 heteroatoms. The van der Waals surface area contributed by atoms with Gasteiger partial charge in [0.25, 0.3) is 0 Å². The molecule has 0 N–H and O–H groups in total. The first kappa shape index (κ1) is 11.5. The Morgan fingerprint density at radius 2 is 1.11 bits per heavy atom. The molecule has 0 bridgehead atoms. The van der Waals surface area contributed by atoms with Crippen LogP contribution in [0.25, 0.3) is 0 Å². The summed E-state index contributed by atoms with van der Waals surface area (Å²) in [5.41, 5.74) is 0. The summed E-state index contributed by atoms with van der Waals surface area (Å²) in [4.78, 5) is 0. The van der Waals surface area contributed by atoms with Gasteiger partial charge in [-0.15, -0.1) is 0 Å². The molecule has 0 saturated carbocycles. The van der Waals surface area contributed by atoms with Crippen LogP contribution in [0.1, 0.15) is 47.0 Å². The van der Waals surface area contributed by atoms with E-state index < -0.39 is 0 Å². The maximum Gasteiger partial charge on any atom is -0.0316 e. The Hall–Kier alpha value is -0.260. The molecule has 0 amide bonds. The number of allylic oxidation sites excluding steroid dienone is 2. The van der Waals surface area contributed by atoms with Crippen LogP contribution in [0.4, 0.5) is 0 Å². The van der Waals surface area contributed by atoms with Crippen LogP contribution in [0.15, 0.2) is 12.2 Å². The third kappa shape index (κ3) is 18.2. The van der Waals surface area contributed by atoms with E-state index >= 15 is 0 Å². The molecule has 0 spiro atoms. The highest BCUT2D eigenvalue weighted by molar-refractivity contribution is 4.92. The fourth-order valence-electron chi connectivity index (χ4n) is 0.167. The normalized spacial score (nSPS) is 11.6. The van der Waals surface area contributed by atoms with E-state index in [2.05, 4.69) is 26.0 Å². The quantitative estimate of drug-likeness (QED) is 0.435. The molecule has 0 heterocycles. The maximum absolute atomic E-state index is 2.18. The van der Waals surface area contributed by atoms with Gasteiger partial charge in [-0.3, -0.25) is 0 Å². The third-order valence-electron chi connectivity index (χ3n) is 0.667. The van der Waals surface area contributed by atoms with Gasteiger partial charge in [0, 0.05) is 0 Å². The van der Waals surface area contributed by atoms with Crippen molar-refractivity contribution in [3.05, 3.63) is 12.2 Å². The summed E-state index contributed by atoms with van der Waals surface area (Å²) in [5, 5.41) is 0. The van der Waals surface area contributed by atoms with E-state index in [1.54, 1.807) is 0 Å². The zero-order chi connectivity index (χ0) is 7.54. The van der Waals surface area contributed by atoms with Crippen LogP contribution in [0.3, 0.4) is 0 Å². The summed E-state index contributed by atoms with van der Waals surface area (Å²) in [7, 11) is 0. The first-order chi connectivity index (χ1) is 4.41. The minimum atomic E-state index is 1.25. The van der Waals surface area contributed by atoms with Gasteiger partial charge in [0.05, 0.1) is 0 Å². The lowest BCUT2D eigenvalue weighted by atomic mass is 10.1. The van der Waals surface area contributed by atoms with Gasteiger partial charge in [-0.05, 0) is 12.8 Å². The Kier molecular flexibility index (Phi) is 20.0. The van der Waals surface area contributed by atoms with Gasteiger partial charge in [-0.25, -0.2) is 0 Å². The first-order valence-corrected chi connectivity index (χ1v) is 4.06. The van der Waals surface area contributed by atoms with Crippen molar-refractivity contribution in [2.75, 3.05) is 0 Å². The summed E-state index contributed by atoms with van der Waals surface area (Å²) in [6, 6.07) is 0.